The molecule has 8 heteroatoms. The van der Waals surface area contributed by atoms with E-state index in [0.717, 1.165) is 30.2 Å². The maximum Gasteiger partial charge on any atom is 0.191 e. The SMILES string of the molecule is CCNC(=NCC(C)(O)c1cccs1)NCCn1cnnc1CC. The van der Waals surface area contributed by atoms with Gasteiger partial charge in [-0.25, -0.2) is 4.99 Å². The van der Waals surface area contributed by atoms with Crippen LogP contribution < -0.4 is 10.6 Å². The summed E-state index contributed by atoms with van der Waals surface area (Å²) < 4.78 is 2.03. The summed E-state index contributed by atoms with van der Waals surface area (Å²) >= 11 is 1.54. The van der Waals surface area contributed by atoms with Gasteiger partial charge in [0.05, 0.1) is 6.54 Å². The van der Waals surface area contributed by atoms with Gasteiger partial charge in [0.15, 0.2) is 5.96 Å². The van der Waals surface area contributed by atoms with Gasteiger partial charge in [0.1, 0.15) is 17.8 Å². The summed E-state index contributed by atoms with van der Waals surface area (Å²) in [7, 11) is 0. The molecule has 2 heterocycles. The Hall–Kier alpha value is -1.93. The van der Waals surface area contributed by atoms with Gasteiger partial charge in [-0.3, -0.25) is 0 Å². The molecule has 2 aromatic rings. The normalized spacial score (nSPS) is 14.4. The minimum Gasteiger partial charge on any atom is -0.383 e. The zero-order chi connectivity index (χ0) is 17.4. The molecule has 0 fully saturated rings. The van der Waals surface area contributed by atoms with Crippen molar-refractivity contribution in [3.63, 3.8) is 0 Å². The summed E-state index contributed by atoms with van der Waals surface area (Å²) in [5, 5.41) is 27.0. The smallest absolute Gasteiger partial charge is 0.191 e. The number of thiophene rings is 1. The molecule has 0 aliphatic heterocycles. The number of aromatic nitrogens is 3. The number of guanidine groups is 1. The number of aliphatic imine (C=N–C) groups is 1. The van der Waals surface area contributed by atoms with E-state index in [4.69, 9.17) is 0 Å². The standard InChI is InChI=1S/C16H26N6OS/c1-4-14-21-20-12-22(14)9-8-18-15(17-5-2)19-11-16(3,23)13-7-6-10-24-13/h6-7,10,12,23H,4-5,8-9,11H2,1-3H3,(H2,17,18,19). The summed E-state index contributed by atoms with van der Waals surface area (Å²) in [6, 6.07) is 3.87. The van der Waals surface area contributed by atoms with Crippen molar-refractivity contribution in [1.29, 1.82) is 0 Å². The van der Waals surface area contributed by atoms with E-state index in [-0.39, 0.29) is 0 Å². The van der Waals surface area contributed by atoms with Crippen LogP contribution >= 0.6 is 11.3 Å². The molecule has 1 atom stereocenters. The van der Waals surface area contributed by atoms with Crippen LogP contribution in [0.4, 0.5) is 0 Å². The summed E-state index contributed by atoms with van der Waals surface area (Å²) in [6.07, 6.45) is 2.60. The lowest BCUT2D eigenvalue weighted by Crippen LogP contribution is -2.40. The van der Waals surface area contributed by atoms with E-state index in [1.165, 1.54) is 11.3 Å². The Morgan fingerprint density at radius 2 is 2.25 bits per heavy atom. The zero-order valence-corrected chi connectivity index (χ0v) is 15.3. The Kier molecular flexibility index (Phi) is 6.74. The third-order valence-electron chi connectivity index (χ3n) is 3.60. The minimum atomic E-state index is -0.958. The summed E-state index contributed by atoms with van der Waals surface area (Å²) in [5.74, 6) is 1.67. The van der Waals surface area contributed by atoms with Crippen LogP contribution in [0.25, 0.3) is 0 Å². The first kappa shape index (κ1) is 18.4. The van der Waals surface area contributed by atoms with E-state index in [9.17, 15) is 5.11 Å². The van der Waals surface area contributed by atoms with Gasteiger partial charge in [0.25, 0.3) is 0 Å². The van der Waals surface area contributed by atoms with E-state index in [2.05, 4.69) is 32.7 Å². The summed E-state index contributed by atoms with van der Waals surface area (Å²) in [5.41, 5.74) is -0.958. The highest BCUT2D eigenvalue weighted by molar-refractivity contribution is 7.10. The van der Waals surface area contributed by atoms with Gasteiger partial charge in [-0.05, 0) is 25.3 Å². The molecule has 1 unspecified atom stereocenters. The number of nitrogens with zero attached hydrogens (tertiary/aromatic N) is 4. The maximum absolute atomic E-state index is 10.6. The number of nitrogens with one attached hydrogen (secondary N) is 2. The van der Waals surface area contributed by atoms with Crippen LogP contribution in [0, 0.1) is 0 Å². The lowest BCUT2D eigenvalue weighted by molar-refractivity contribution is 0.0711. The number of hydrogen-bond donors (Lipinski definition) is 3. The van der Waals surface area contributed by atoms with Crippen molar-refractivity contribution in [3.05, 3.63) is 34.5 Å². The second kappa shape index (κ2) is 8.79. The van der Waals surface area contributed by atoms with Crippen molar-refractivity contribution in [2.75, 3.05) is 19.6 Å². The van der Waals surface area contributed by atoms with Crippen molar-refractivity contribution in [2.45, 2.75) is 39.3 Å². The monoisotopic (exact) mass is 350 g/mol. The number of rotatable bonds is 8. The lowest BCUT2D eigenvalue weighted by atomic mass is 10.1. The van der Waals surface area contributed by atoms with Crippen LogP contribution in [-0.4, -0.2) is 45.5 Å². The number of hydrogen-bond acceptors (Lipinski definition) is 5. The second-order valence-corrected chi connectivity index (χ2v) is 6.61. The van der Waals surface area contributed by atoms with E-state index in [1.807, 2.05) is 29.0 Å². The third-order valence-corrected chi connectivity index (χ3v) is 4.72. The Balaban J connectivity index is 1.91. The molecule has 2 rings (SSSR count). The molecule has 0 bridgehead atoms. The molecule has 0 aliphatic carbocycles. The largest absolute Gasteiger partial charge is 0.383 e. The molecule has 24 heavy (non-hydrogen) atoms. The fourth-order valence-electron chi connectivity index (χ4n) is 2.27. The van der Waals surface area contributed by atoms with Crippen molar-refractivity contribution < 1.29 is 5.11 Å². The van der Waals surface area contributed by atoms with Crippen molar-refractivity contribution in [2.24, 2.45) is 4.99 Å². The molecule has 7 nitrogen and oxygen atoms in total. The molecule has 0 amide bonds. The van der Waals surface area contributed by atoms with Gasteiger partial charge < -0.3 is 20.3 Å². The van der Waals surface area contributed by atoms with Crippen LogP contribution in [0.5, 0.6) is 0 Å². The average molecular weight is 350 g/mol. The molecule has 132 valence electrons. The highest BCUT2D eigenvalue weighted by Crippen LogP contribution is 2.25. The molecule has 0 spiro atoms. The molecule has 0 saturated heterocycles. The molecule has 0 radical (unpaired) electrons. The molecule has 3 N–H and O–H groups in total. The highest BCUT2D eigenvalue weighted by atomic mass is 32.1. The van der Waals surface area contributed by atoms with E-state index in [1.54, 1.807) is 13.3 Å². The Bertz CT molecular complexity index is 635. The molecular weight excluding hydrogens is 324 g/mol. The predicted molar refractivity (Wildman–Crippen MR) is 97.3 cm³/mol. The number of aryl methyl sites for hydroxylation is 1. The second-order valence-electron chi connectivity index (χ2n) is 5.67. The first-order valence-electron chi connectivity index (χ1n) is 8.22. The van der Waals surface area contributed by atoms with Crippen LogP contribution in [0.1, 0.15) is 31.5 Å². The Morgan fingerprint density at radius 3 is 2.92 bits per heavy atom. The highest BCUT2D eigenvalue weighted by Gasteiger charge is 2.23. The van der Waals surface area contributed by atoms with Crippen molar-refractivity contribution in [3.8, 4) is 0 Å². The molecule has 0 aromatic carbocycles. The van der Waals surface area contributed by atoms with Crippen LogP contribution in [0.15, 0.2) is 28.8 Å². The quantitative estimate of drug-likeness (QED) is 0.494. The molecule has 0 aliphatic rings. The van der Waals surface area contributed by atoms with Crippen LogP contribution in [-0.2, 0) is 18.6 Å². The van der Waals surface area contributed by atoms with E-state index >= 15 is 0 Å². The molecule has 0 saturated carbocycles. The van der Waals surface area contributed by atoms with Gasteiger partial charge in [0, 0.05) is 30.9 Å². The summed E-state index contributed by atoms with van der Waals surface area (Å²) in [4.78, 5) is 5.43. The van der Waals surface area contributed by atoms with Crippen molar-refractivity contribution >= 4 is 17.3 Å². The van der Waals surface area contributed by atoms with Gasteiger partial charge in [-0.1, -0.05) is 13.0 Å². The van der Waals surface area contributed by atoms with E-state index < -0.39 is 5.60 Å². The Labute approximate surface area is 146 Å². The van der Waals surface area contributed by atoms with Gasteiger partial charge in [-0.2, -0.15) is 0 Å². The minimum absolute atomic E-state index is 0.301. The first-order valence-corrected chi connectivity index (χ1v) is 9.10. The molecular formula is C16H26N6OS. The van der Waals surface area contributed by atoms with E-state index in [0.29, 0.717) is 19.0 Å². The fourth-order valence-corrected chi connectivity index (χ4v) is 3.05. The zero-order valence-electron chi connectivity index (χ0n) is 14.5. The maximum atomic E-state index is 10.6. The lowest BCUT2D eigenvalue weighted by Gasteiger charge is -2.20. The fraction of sp³-hybridized carbons (Fsp3) is 0.562. The predicted octanol–water partition coefficient (Wildman–Crippen LogP) is 1.36. The first-order chi connectivity index (χ1) is 11.6. The van der Waals surface area contributed by atoms with Crippen molar-refractivity contribution in [1.82, 2.24) is 25.4 Å². The van der Waals surface area contributed by atoms with Gasteiger partial charge >= 0.3 is 0 Å². The topological polar surface area (TPSA) is 87.4 Å². The van der Waals surface area contributed by atoms with Gasteiger partial charge in [0.2, 0.25) is 0 Å². The van der Waals surface area contributed by atoms with Crippen LogP contribution in [0.2, 0.25) is 0 Å². The summed E-state index contributed by atoms with van der Waals surface area (Å²) in [6.45, 7) is 8.40. The number of aliphatic hydroxyl groups is 1. The van der Waals surface area contributed by atoms with Crippen LogP contribution in [0.3, 0.4) is 0 Å². The third kappa shape index (κ3) is 5.04. The van der Waals surface area contributed by atoms with Gasteiger partial charge in [-0.15, -0.1) is 21.5 Å². The Morgan fingerprint density at radius 1 is 1.42 bits per heavy atom. The molecule has 2 aromatic heterocycles. The average Bonchev–Trinajstić information content (AvgIpc) is 3.24.